The summed E-state index contributed by atoms with van der Waals surface area (Å²) >= 11 is 1.82. The number of benzene rings is 1. The van der Waals surface area contributed by atoms with Crippen molar-refractivity contribution < 1.29 is 4.79 Å². The van der Waals surface area contributed by atoms with Crippen LogP contribution < -0.4 is 10.6 Å². The predicted molar refractivity (Wildman–Crippen MR) is 68.7 cm³/mol. The number of carbonyl (C=O) groups is 1. The largest absolute Gasteiger partial charge is 0.359 e. The van der Waals surface area contributed by atoms with Gasteiger partial charge in [0.05, 0.1) is 0 Å². The number of amides is 1. The lowest BCUT2D eigenvalue weighted by Gasteiger charge is -2.04. The van der Waals surface area contributed by atoms with Crippen molar-refractivity contribution in [3.8, 4) is 0 Å². The molecule has 0 atom stereocenters. The first-order valence-electron chi connectivity index (χ1n) is 5.42. The second-order valence-corrected chi connectivity index (χ2v) is 4.50. The number of hydrogen-bond donors (Lipinski definition) is 2. The number of rotatable bonds is 7. The van der Waals surface area contributed by atoms with E-state index in [4.69, 9.17) is 0 Å². The smallest absolute Gasteiger partial charge is 0.221 e. The summed E-state index contributed by atoms with van der Waals surface area (Å²) in [5, 5.41) is 5.84. The van der Waals surface area contributed by atoms with Crippen molar-refractivity contribution in [3.05, 3.63) is 30.3 Å². The molecule has 3 nitrogen and oxygen atoms in total. The summed E-state index contributed by atoms with van der Waals surface area (Å²) in [4.78, 5) is 12.2. The van der Waals surface area contributed by atoms with Gasteiger partial charge in [0, 0.05) is 37.2 Å². The minimum Gasteiger partial charge on any atom is -0.359 e. The number of hydrogen-bond acceptors (Lipinski definition) is 3. The van der Waals surface area contributed by atoms with Crippen LogP contribution >= 0.6 is 11.8 Å². The van der Waals surface area contributed by atoms with Gasteiger partial charge in [0.25, 0.3) is 0 Å². The first-order chi connectivity index (χ1) is 7.83. The molecule has 16 heavy (non-hydrogen) atoms. The molecule has 0 spiro atoms. The quantitative estimate of drug-likeness (QED) is 0.559. The highest BCUT2D eigenvalue weighted by molar-refractivity contribution is 7.99. The third kappa shape index (κ3) is 5.78. The van der Waals surface area contributed by atoms with Crippen LogP contribution in [0.4, 0.5) is 0 Å². The maximum atomic E-state index is 10.9. The van der Waals surface area contributed by atoms with Crippen LogP contribution in [0.3, 0.4) is 0 Å². The van der Waals surface area contributed by atoms with E-state index in [1.54, 1.807) is 7.05 Å². The third-order valence-corrected chi connectivity index (χ3v) is 3.11. The molecule has 0 unspecified atom stereocenters. The summed E-state index contributed by atoms with van der Waals surface area (Å²) in [6, 6.07) is 10.3. The zero-order chi connectivity index (χ0) is 11.6. The monoisotopic (exact) mass is 238 g/mol. The topological polar surface area (TPSA) is 41.1 Å². The highest BCUT2D eigenvalue weighted by Crippen LogP contribution is 2.15. The Balaban J connectivity index is 1.98. The fourth-order valence-electron chi connectivity index (χ4n) is 1.21. The van der Waals surface area contributed by atoms with Gasteiger partial charge in [-0.1, -0.05) is 18.2 Å². The van der Waals surface area contributed by atoms with Gasteiger partial charge in [0.1, 0.15) is 0 Å². The molecule has 0 aliphatic carbocycles. The zero-order valence-electron chi connectivity index (χ0n) is 9.53. The van der Waals surface area contributed by atoms with Crippen molar-refractivity contribution in [1.82, 2.24) is 10.6 Å². The minimum atomic E-state index is 0.0863. The van der Waals surface area contributed by atoms with Gasteiger partial charge < -0.3 is 10.6 Å². The van der Waals surface area contributed by atoms with Gasteiger partial charge in [-0.25, -0.2) is 0 Å². The van der Waals surface area contributed by atoms with Crippen LogP contribution in [-0.4, -0.2) is 31.8 Å². The molecule has 1 amide bonds. The molecule has 0 aliphatic rings. The maximum absolute atomic E-state index is 10.9. The number of carbonyl (C=O) groups excluding carboxylic acids is 1. The lowest BCUT2D eigenvalue weighted by Crippen LogP contribution is -2.25. The van der Waals surface area contributed by atoms with E-state index in [1.165, 1.54) is 4.90 Å². The van der Waals surface area contributed by atoms with E-state index >= 15 is 0 Å². The van der Waals surface area contributed by atoms with E-state index in [1.807, 2.05) is 30.0 Å². The molecule has 88 valence electrons. The first-order valence-corrected chi connectivity index (χ1v) is 6.40. The van der Waals surface area contributed by atoms with Crippen LogP contribution in [0.15, 0.2) is 35.2 Å². The Kier molecular flexibility index (Phi) is 6.69. The summed E-state index contributed by atoms with van der Waals surface area (Å²) in [5.74, 6) is 1.11. The van der Waals surface area contributed by atoms with Crippen LogP contribution in [0, 0.1) is 0 Å². The van der Waals surface area contributed by atoms with Crippen molar-refractivity contribution in [2.24, 2.45) is 0 Å². The normalized spacial score (nSPS) is 10.1. The number of nitrogens with one attached hydrogen (secondary N) is 2. The summed E-state index contributed by atoms with van der Waals surface area (Å²) in [6.45, 7) is 1.67. The summed E-state index contributed by atoms with van der Waals surface area (Å²) in [7, 11) is 1.66. The van der Waals surface area contributed by atoms with Gasteiger partial charge in [-0.2, -0.15) is 0 Å². The Morgan fingerprint density at radius 2 is 2.00 bits per heavy atom. The molecular formula is C12H18N2OS. The van der Waals surface area contributed by atoms with Gasteiger partial charge in [-0.15, -0.1) is 11.8 Å². The molecule has 2 N–H and O–H groups in total. The molecule has 4 heteroatoms. The van der Waals surface area contributed by atoms with E-state index in [0.717, 1.165) is 18.8 Å². The summed E-state index contributed by atoms with van der Waals surface area (Å²) in [6.07, 6.45) is 0.548. The average Bonchev–Trinajstić information content (AvgIpc) is 2.34. The second kappa shape index (κ2) is 8.19. The Hall–Kier alpha value is -1.00. The van der Waals surface area contributed by atoms with Crippen molar-refractivity contribution >= 4 is 17.7 Å². The van der Waals surface area contributed by atoms with Gasteiger partial charge in [0.2, 0.25) is 5.91 Å². The van der Waals surface area contributed by atoms with Gasteiger partial charge in [-0.3, -0.25) is 4.79 Å². The van der Waals surface area contributed by atoms with Crippen molar-refractivity contribution in [1.29, 1.82) is 0 Å². The lowest BCUT2D eigenvalue weighted by molar-refractivity contribution is -0.120. The standard InChI is InChI=1S/C12H18N2OS/c1-13-12(15)7-8-14-9-10-16-11-5-3-2-4-6-11/h2-6,14H,7-10H2,1H3,(H,13,15). The summed E-state index contributed by atoms with van der Waals surface area (Å²) in [5.41, 5.74) is 0. The van der Waals surface area contributed by atoms with Gasteiger partial charge >= 0.3 is 0 Å². The summed E-state index contributed by atoms with van der Waals surface area (Å²) < 4.78 is 0. The SMILES string of the molecule is CNC(=O)CCNCCSc1ccccc1. The van der Waals surface area contributed by atoms with Gasteiger partial charge in [0.15, 0.2) is 0 Å². The molecule has 0 bridgehead atoms. The van der Waals surface area contributed by atoms with Crippen LogP contribution in [0.25, 0.3) is 0 Å². The molecule has 0 aliphatic heterocycles. The van der Waals surface area contributed by atoms with Crippen LogP contribution in [0.2, 0.25) is 0 Å². The molecular weight excluding hydrogens is 220 g/mol. The first kappa shape index (κ1) is 13.1. The molecule has 0 saturated heterocycles. The van der Waals surface area contributed by atoms with Crippen LogP contribution in [0.5, 0.6) is 0 Å². The Morgan fingerprint density at radius 3 is 2.69 bits per heavy atom. The van der Waals surface area contributed by atoms with Crippen molar-refractivity contribution in [2.45, 2.75) is 11.3 Å². The predicted octanol–water partition coefficient (Wildman–Crippen LogP) is 1.50. The van der Waals surface area contributed by atoms with Crippen molar-refractivity contribution in [3.63, 3.8) is 0 Å². The highest BCUT2D eigenvalue weighted by Gasteiger charge is 1.96. The van der Waals surface area contributed by atoms with E-state index in [-0.39, 0.29) is 5.91 Å². The Bertz CT molecular complexity index is 303. The molecule has 0 heterocycles. The van der Waals surface area contributed by atoms with Gasteiger partial charge in [-0.05, 0) is 12.1 Å². The fourth-order valence-corrected chi connectivity index (χ4v) is 2.04. The fraction of sp³-hybridized carbons (Fsp3) is 0.417. The molecule has 1 rings (SSSR count). The zero-order valence-corrected chi connectivity index (χ0v) is 10.3. The Morgan fingerprint density at radius 1 is 1.25 bits per heavy atom. The van der Waals surface area contributed by atoms with E-state index in [2.05, 4.69) is 22.8 Å². The highest BCUT2D eigenvalue weighted by atomic mass is 32.2. The number of thioether (sulfide) groups is 1. The molecule has 0 aromatic heterocycles. The molecule has 1 aromatic carbocycles. The second-order valence-electron chi connectivity index (χ2n) is 3.33. The van der Waals surface area contributed by atoms with E-state index < -0.39 is 0 Å². The van der Waals surface area contributed by atoms with Crippen LogP contribution in [-0.2, 0) is 4.79 Å². The molecule has 0 radical (unpaired) electrons. The van der Waals surface area contributed by atoms with E-state index in [0.29, 0.717) is 6.42 Å². The van der Waals surface area contributed by atoms with Crippen LogP contribution in [0.1, 0.15) is 6.42 Å². The Labute approximate surface area is 101 Å². The molecule has 1 aromatic rings. The third-order valence-electron chi connectivity index (χ3n) is 2.10. The lowest BCUT2D eigenvalue weighted by atomic mass is 10.4. The van der Waals surface area contributed by atoms with Crippen molar-refractivity contribution in [2.75, 3.05) is 25.9 Å². The molecule has 0 fully saturated rings. The maximum Gasteiger partial charge on any atom is 0.221 e. The average molecular weight is 238 g/mol. The van der Waals surface area contributed by atoms with E-state index in [9.17, 15) is 4.79 Å². The molecule has 0 saturated carbocycles. The minimum absolute atomic E-state index is 0.0863.